The lowest BCUT2D eigenvalue weighted by Gasteiger charge is -2.08. The predicted molar refractivity (Wildman–Crippen MR) is 58.2 cm³/mol. The Balaban J connectivity index is 1.98. The number of amides is 2. The molecular weight excluding hydrogens is 192 g/mol. The summed E-state index contributed by atoms with van der Waals surface area (Å²) in [4.78, 5) is 22.5. The molecule has 0 unspecified atom stereocenters. The molecular formula is C11H20N2O2. The van der Waals surface area contributed by atoms with Gasteiger partial charge in [0.15, 0.2) is 0 Å². The summed E-state index contributed by atoms with van der Waals surface area (Å²) in [6, 6.07) is 0. The minimum atomic E-state index is 0.0137. The average molecular weight is 212 g/mol. The maximum absolute atomic E-state index is 11.3. The second kappa shape index (κ2) is 5.73. The molecule has 4 nitrogen and oxygen atoms in total. The molecule has 4 heteroatoms. The van der Waals surface area contributed by atoms with E-state index in [9.17, 15) is 9.59 Å². The summed E-state index contributed by atoms with van der Waals surface area (Å²) in [5, 5.41) is 5.57. The highest BCUT2D eigenvalue weighted by molar-refractivity contribution is 5.82. The minimum Gasteiger partial charge on any atom is -0.356 e. The Morgan fingerprint density at radius 2 is 1.93 bits per heavy atom. The third-order valence-electron chi connectivity index (χ3n) is 2.31. The molecule has 0 aliphatic heterocycles. The maximum Gasteiger partial charge on any atom is 0.223 e. The third-order valence-corrected chi connectivity index (χ3v) is 2.31. The van der Waals surface area contributed by atoms with Crippen LogP contribution in [0.2, 0.25) is 0 Å². The lowest BCUT2D eigenvalue weighted by atomic mass is 10.2. The van der Waals surface area contributed by atoms with Crippen molar-refractivity contribution in [3.63, 3.8) is 0 Å². The van der Waals surface area contributed by atoms with E-state index < -0.39 is 0 Å². The molecule has 1 rings (SSSR count). The molecule has 15 heavy (non-hydrogen) atoms. The van der Waals surface area contributed by atoms with Gasteiger partial charge < -0.3 is 10.6 Å². The summed E-state index contributed by atoms with van der Waals surface area (Å²) < 4.78 is 0. The highest BCUT2D eigenvalue weighted by atomic mass is 16.2. The molecule has 1 saturated carbocycles. The van der Waals surface area contributed by atoms with E-state index in [4.69, 9.17) is 0 Å². The molecule has 2 amide bonds. The van der Waals surface area contributed by atoms with Crippen LogP contribution >= 0.6 is 0 Å². The molecule has 0 heterocycles. The monoisotopic (exact) mass is 212 g/mol. The van der Waals surface area contributed by atoms with Crippen molar-refractivity contribution >= 4 is 11.8 Å². The van der Waals surface area contributed by atoms with Crippen molar-refractivity contribution in [2.24, 2.45) is 11.8 Å². The molecule has 86 valence electrons. The first-order valence-electron chi connectivity index (χ1n) is 5.64. The number of carbonyl (C=O) groups excluding carboxylic acids is 2. The van der Waals surface area contributed by atoms with Gasteiger partial charge in [0.2, 0.25) is 11.8 Å². The van der Waals surface area contributed by atoms with E-state index in [0.29, 0.717) is 25.4 Å². The van der Waals surface area contributed by atoms with E-state index >= 15 is 0 Å². The van der Waals surface area contributed by atoms with Crippen LogP contribution in [0.5, 0.6) is 0 Å². The summed E-state index contributed by atoms with van der Waals surface area (Å²) in [5.41, 5.74) is 0. The Labute approximate surface area is 90.8 Å². The highest BCUT2D eigenvalue weighted by Crippen LogP contribution is 2.28. The average Bonchev–Trinajstić information content (AvgIpc) is 2.97. The standard InChI is InChI=1S/C11H20N2O2/c1-8(2)7-13-10(14)5-6-12-11(15)9-3-4-9/h8-9H,3-7H2,1-2H3,(H,12,15)(H,13,14). The molecule has 0 saturated heterocycles. The van der Waals surface area contributed by atoms with Gasteiger partial charge in [0, 0.05) is 25.4 Å². The Morgan fingerprint density at radius 3 is 2.47 bits per heavy atom. The van der Waals surface area contributed by atoms with Crippen LogP contribution in [0.4, 0.5) is 0 Å². The van der Waals surface area contributed by atoms with Crippen molar-refractivity contribution in [3.05, 3.63) is 0 Å². The van der Waals surface area contributed by atoms with Crippen molar-refractivity contribution < 1.29 is 9.59 Å². The maximum atomic E-state index is 11.3. The Morgan fingerprint density at radius 1 is 1.27 bits per heavy atom. The van der Waals surface area contributed by atoms with Gasteiger partial charge in [-0.1, -0.05) is 13.8 Å². The number of hydrogen-bond acceptors (Lipinski definition) is 2. The summed E-state index contributed by atoms with van der Waals surface area (Å²) in [6.45, 7) is 5.26. The Bertz CT molecular complexity index is 235. The number of hydrogen-bond donors (Lipinski definition) is 2. The summed E-state index contributed by atoms with van der Waals surface area (Å²) in [5.74, 6) is 0.810. The first-order chi connectivity index (χ1) is 7.09. The fourth-order valence-corrected chi connectivity index (χ4v) is 1.20. The molecule has 0 aromatic heterocycles. The summed E-state index contributed by atoms with van der Waals surface area (Å²) in [6.07, 6.45) is 2.39. The number of rotatable bonds is 6. The van der Waals surface area contributed by atoms with E-state index in [1.54, 1.807) is 0 Å². The highest BCUT2D eigenvalue weighted by Gasteiger charge is 2.29. The smallest absolute Gasteiger partial charge is 0.223 e. The topological polar surface area (TPSA) is 58.2 Å². The SMILES string of the molecule is CC(C)CNC(=O)CCNC(=O)C1CC1. The largest absolute Gasteiger partial charge is 0.356 e. The van der Waals surface area contributed by atoms with Crippen LogP contribution in [0.25, 0.3) is 0 Å². The van der Waals surface area contributed by atoms with Gasteiger partial charge in [0.25, 0.3) is 0 Å². The normalized spacial score (nSPS) is 15.1. The zero-order valence-corrected chi connectivity index (χ0v) is 9.51. The molecule has 0 atom stereocenters. The summed E-state index contributed by atoms with van der Waals surface area (Å²) >= 11 is 0. The molecule has 1 aliphatic rings. The van der Waals surface area contributed by atoms with Gasteiger partial charge in [-0.3, -0.25) is 9.59 Å². The van der Waals surface area contributed by atoms with Gasteiger partial charge in [-0.2, -0.15) is 0 Å². The quantitative estimate of drug-likeness (QED) is 0.680. The van der Waals surface area contributed by atoms with E-state index in [2.05, 4.69) is 24.5 Å². The van der Waals surface area contributed by atoms with Crippen LogP contribution in [-0.4, -0.2) is 24.9 Å². The van der Waals surface area contributed by atoms with Crippen molar-refractivity contribution in [1.29, 1.82) is 0 Å². The Kier molecular flexibility index (Phi) is 4.59. The summed E-state index contributed by atoms with van der Waals surface area (Å²) in [7, 11) is 0. The zero-order chi connectivity index (χ0) is 11.3. The minimum absolute atomic E-state index is 0.0137. The fraction of sp³-hybridized carbons (Fsp3) is 0.818. The van der Waals surface area contributed by atoms with E-state index in [-0.39, 0.29) is 17.7 Å². The van der Waals surface area contributed by atoms with Crippen molar-refractivity contribution in [3.8, 4) is 0 Å². The first kappa shape index (κ1) is 12.0. The molecule has 1 aliphatic carbocycles. The van der Waals surface area contributed by atoms with E-state index in [1.165, 1.54) is 0 Å². The van der Waals surface area contributed by atoms with Gasteiger partial charge in [0.05, 0.1) is 0 Å². The Hall–Kier alpha value is -1.06. The van der Waals surface area contributed by atoms with Gasteiger partial charge in [-0.05, 0) is 18.8 Å². The van der Waals surface area contributed by atoms with E-state index in [1.807, 2.05) is 0 Å². The third kappa shape index (κ3) is 5.40. The number of carbonyl (C=O) groups is 2. The molecule has 0 spiro atoms. The van der Waals surface area contributed by atoms with Crippen LogP contribution in [0.15, 0.2) is 0 Å². The fourth-order valence-electron chi connectivity index (χ4n) is 1.20. The van der Waals surface area contributed by atoms with Gasteiger partial charge in [0.1, 0.15) is 0 Å². The van der Waals surface area contributed by atoms with Gasteiger partial charge in [-0.25, -0.2) is 0 Å². The lowest BCUT2D eigenvalue weighted by molar-refractivity contribution is -0.123. The van der Waals surface area contributed by atoms with Crippen molar-refractivity contribution in [1.82, 2.24) is 10.6 Å². The molecule has 1 fully saturated rings. The van der Waals surface area contributed by atoms with Crippen LogP contribution in [0, 0.1) is 11.8 Å². The number of nitrogens with one attached hydrogen (secondary N) is 2. The molecule has 2 N–H and O–H groups in total. The van der Waals surface area contributed by atoms with Crippen LogP contribution < -0.4 is 10.6 Å². The lowest BCUT2D eigenvalue weighted by Crippen LogP contribution is -2.32. The second-order valence-electron chi connectivity index (χ2n) is 4.51. The molecule has 0 aromatic carbocycles. The first-order valence-corrected chi connectivity index (χ1v) is 5.64. The predicted octanol–water partition coefficient (Wildman–Crippen LogP) is 0.675. The van der Waals surface area contributed by atoms with Gasteiger partial charge >= 0.3 is 0 Å². The molecule has 0 radical (unpaired) electrons. The van der Waals surface area contributed by atoms with Crippen LogP contribution in [0.3, 0.4) is 0 Å². The van der Waals surface area contributed by atoms with Crippen molar-refractivity contribution in [2.45, 2.75) is 33.1 Å². The van der Waals surface area contributed by atoms with Gasteiger partial charge in [-0.15, -0.1) is 0 Å². The van der Waals surface area contributed by atoms with E-state index in [0.717, 1.165) is 12.8 Å². The molecule has 0 aromatic rings. The van der Waals surface area contributed by atoms with Crippen LogP contribution in [0.1, 0.15) is 33.1 Å². The zero-order valence-electron chi connectivity index (χ0n) is 9.51. The van der Waals surface area contributed by atoms with Crippen LogP contribution in [-0.2, 0) is 9.59 Å². The second-order valence-corrected chi connectivity index (χ2v) is 4.51. The van der Waals surface area contributed by atoms with Crippen molar-refractivity contribution in [2.75, 3.05) is 13.1 Å². The molecule has 0 bridgehead atoms.